The fourth-order valence-electron chi connectivity index (χ4n) is 9.52. The van der Waals surface area contributed by atoms with Crippen LogP contribution in [0.25, 0.3) is 49.4 Å². The average molecular weight is 744 g/mol. The minimum atomic E-state index is -0.172. The molecule has 3 nitrogen and oxygen atoms in total. The highest BCUT2D eigenvalue weighted by Crippen LogP contribution is 2.54. The fourth-order valence-corrected chi connectivity index (χ4v) is 9.52. The molecule has 0 unspecified atom stereocenters. The lowest BCUT2D eigenvalue weighted by molar-refractivity contribution is 0.660. The third-order valence-corrected chi connectivity index (χ3v) is 12.1. The maximum absolute atomic E-state index is 2.54. The van der Waals surface area contributed by atoms with Crippen molar-refractivity contribution in [1.82, 2.24) is 4.57 Å². The summed E-state index contributed by atoms with van der Waals surface area (Å²) >= 11 is 0. The summed E-state index contributed by atoms with van der Waals surface area (Å²) in [6, 6.07) is 77.3. The number of anilines is 6. The predicted molar refractivity (Wildman–Crippen MR) is 245 cm³/mol. The van der Waals surface area contributed by atoms with Crippen molar-refractivity contribution in [3.05, 3.63) is 223 Å². The molecule has 0 amide bonds. The van der Waals surface area contributed by atoms with Crippen molar-refractivity contribution in [2.75, 3.05) is 9.80 Å². The second-order valence-corrected chi connectivity index (χ2v) is 15.8. The van der Waals surface area contributed by atoms with Gasteiger partial charge in [0.25, 0.3) is 0 Å². The highest BCUT2D eigenvalue weighted by Gasteiger charge is 2.37. The van der Waals surface area contributed by atoms with Crippen molar-refractivity contribution in [2.45, 2.75) is 19.3 Å². The molecule has 0 saturated carbocycles. The molecule has 0 aliphatic heterocycles. The monoisotopic (exact) mass is 743 g/mol. The van der Waals surface area contributed by atoms with Gasteiger partial charge in [-0.25, -0.2) is 0 Å². The van der Waals surface area contributed by atoms with Crippen molar-refractivity contribution in [3.63, 3.8) is 0 Å². The number of hydrogen-bond acceptors (Lipinski definition) is 2. The van der Waals surface area contributed by atoms with Gasteiger partial charge < -0.3 is 14.4 Å². The Morgan fingerprint density at radius 3 is 1.47 bits per heavy atom. The van der Waals surface area contributed by atoms with Crippen molar-refractivity contribution < 1.29 is 0 Å². The fraction of sp³-hybridized carbons (Fsp3) is 0.0545. The van der Waals surface area contributed by atoms with Crippen molar-refractivity contribution in [2.24, 2.45) is 0 Å². The summed E-state index contributed by atoms with van der Waals surface area (Å²) < 4.78 is 2.54. The van der Waals surface area contributed by atoms with Crippen LogP contribution in [0.4, 0.5) is 34.1 Å². The Hall–Kier alpha value is -7.36. The molecule has 58 heavy (non-hydrogen) atoms. The third-order valence-electron chi connectivity index (χ3n) is 12.1. The normalized spacial score (nSPS) is 12.8. The van der Waals surface area contributed by atoms with Crippen LogP contribution in [0.3, 0.4) is 0 Å². The Bertz CT molecular complexity index is 3050. The minimum Gasteiger partial charge on any atom is -0.310 e. The van der Waals surface area contributed by atoms with Gasteiger partial charge in [-0.2, -0.15) is 0 Å². The van der Waals surface area contributed by atoms with E-state index in [-0.39, 0.29) is 5.41 Å². The van der Waals surface area contributed by atoms with Crippen LogP contribution in [0, 0.1) is 0 Å². The largest absolute Gasteiger partial charge is 0.310 e. The molecule has 1 aliphatic rings. The first kappa shape index (κ1) is 33.9. The van der Waals surface area contributed by atoms with Crippen LogP contribution in [0.1, 0.15) is 25.0 Å². The molecule has 0 saturated heterocycles. The second kappa shape index (κ2) is 13.4. The SMILES string of the molecule is CC1(C)c2ccccc2-c2c1cc(-n1c3ccccc3c3c(N(c4ccccc4)c4ccccc4)cc(N(c4ccccc4)c4ccccc4)cc31)c1ccccc21. The van der Waals surface area contributed by atoms with Gasteiger partial charge in [-0.15, -0.1) is 0 Å². The highest BCUT2D eigenvalue weighted by atomic mass is 15.2. The molecule has 0 bridgehead atoms. The number of aromatic nitrogens is 1. The van der Waals surface area contributed by atoms with Crippen molar-refractivity contribution in [3.8, 4) is 16.8 Å². The molecule has 1 aromatic heterocycles. The van der Waals surface area contributed by atoms with E-state index in [1.807, 2.05) is 0 Å². The van der Waals surface area contributed by atoms with Gasteiger partial charge in [-0.1, -0.05) is 153 Å². The summed E-state index contributed by atoms with van der Waals surface area (Å²) in [6.45, 7) is 4.76. The Labute approximate surface area is 339 Å². The first-order chi connectivity index (χ1) is 28.6. The van der Waals surface area contributed by atoms with E-state index < -0.39 is 0 Å². The summed E-state index contributed by atoms with van der Waals surface area (Å²) in [4.78, 5) is 4.82. The van der Waals surface area contributed by atoms with Crippen LogP contribution < -0.4 is 9.80 Å². The van der Waals surface area contributed by atoms with Gasteiger partial charge in [0.05, 0.1) is 28.1 Å². The number of fused-ring (bicyclic) bond motifs is 8. The standard InChI is InChI=1S/C55H41N3/c1-55(2)47-33-19-17-31-45(47)53-44-30-16-15-29-43(44)50(37-48(53)55)58-49-34-20-18-32-46(49)54-51(57(40-25-11-5-12-26-40)41-27-13-6-14-28-41)35-42(36-52(54)58)56(38-21-7-3-8-22-38)39-23-9-4-10-24-39/h3-37H,1-2H3. The summed E-state index contributed by atoms with van der Waals surface area (Å²) in [7, 11) is 0. The van der Waals surface area contributed by atoms with E-state index in [9.17, 15) is 0 Å². The number of rotatable bonds is 7. The van der Waals surface area contributed by atoms with Crippen LogP contribution >= 0.6 is 0 Å². The van der Waals surface area contributed by atoms with Gasteiger partial charge in [0.15, 0.2) is 0 Å². The van der Waals surface area contributed by atoms with Gasteiger partial charge in [0, 0.05) is 44.3 Å². The predicted octanol–water partition coefficient (Wildman–Crippen LogP) is 15.2. The summed E-state index contributed by atoms with van der Waals surface area (Å²) in [5, 5.41) is 4.91. The van der Waals surface area contributed by atoms with Gasteiger partial charge in [0.1, 0.15) is 0 Å². The van der Waals surface area contributed by atoms with E-state index in [1.165, 1.54) is 55.0 Å². The van der Waals surface area contributed by atoms with E-state index in [0.29, 0.717) is 0 Å². The minimum absolute atomic E-state index is 0.172. The maximum Gasteiger partial charge on any atom is 0.0583 e. The quantitative estimate of drug-likeness (QED) is 0.161. The van der Waals surface area contributed by atoms with Gasteiger partial charge in [-0.05, 0) is 100 Å². The molecular weight excluding hydrogens is 703 g/mol. The van der Waals surface area contributed by atoms with Crippen LogP contribution in [0.15, 0.2) is 212 Å². The van der Waals surface area contributed by atoms with Gasteiger partial charge >= 0.3 is 0 Å². The number of benzene rings is 9. The lowest BCUT2D eigenvalue weighted by Crippen LogP contribution is -2.15. The molecule has 9 aromatic carbocycles. The van der Waals surface area contributed by atoms with Gasteiger partial charge in [-0.3, -0.25) is 0 Å². The maximum atomic E-state index is 2.54. The number of hydrogen-bond donors (Lipinski definition) is 0. The zero-order chi connectivity index (χ0) is 38.8. The Balaban J connectivity index is 1.31. The molecule has 0 atom stereocenters. The molecule has 10 aromatic rings. The highest BCUT2D eigenvalue weighted by molar-refractivity contribution is 6.19. The van der Waals surface area contributed by atoms with E-state index in [0.717, 1.165) is 39.6 Å². The van der Waals surface area contributed by atoms with E-state index in [4.69, 9.17) is 0 Å². The molecule has 0 spiro atoms. The van der Waals surface area contributed by atoms with Crippen molar-refractivity contribution >= 4 is 66.7 Å². The molecule has 276 valence electrons. The third kappa shape index (κ3) is 5.20. The van der Waals surface area contributed by atoms with E-state index in [2.05, 4.69) is 241 Å². The molecule has 0 radical (unpaired) electrons. The van der Waals surface area contributed by atoms with Crippen molar-refractivity contribution in [1.29, 1.82) is 0 Å². The lowest BCUT2D eigenvalue weighted by atomic mass is 9.81. The van der Waals surface area contributed by atoms with Crippen LogP contribution in [-0.4, -0.2) is 4.57 Å². The molecule has 0 fully saturated rings. The molecule has 1 heterocycles. The van der Waals surface area contributed by atoms with E-state index in [1.54, 1.807) is 0 Å². The van der Waals surface area contributed by atoms with Gasteiger partial charge in [0.2, 0.25) is 0 Å². The molecular formula is C55H41N3. The zero-order valence-electron chi connectivity index (χ0n) is 32.5. The molecule has 3 heteroatoms. The summed E-state index contributed by atoms with van der Waals surface area (Å²) in [5.41, 5.74) is 15.3. The first-order valence-corrected chi connectivity index (χ1v) is 20.1. The Kier molecular flexibility index (Phi) is 7.84. The molecule has 1 aliphatic carbocycles. The average Bonchev–Trinajstić information content (AvgIpc) is 3.73. The smallest absolute Gasteiger partial charge is 0.0583 e. The summed E-state index contributed by atoms with van der Waals surface area (Å²) in [5.74, 6) is 0. The van der Waals surface area contributed by atoms with Crippen LogP contribution in [0.2, 0.25) is 0 Å². The van der Waals surface area contributed by atoms with E-state index >= 15 is 0 Å². The number of para-hydroxylation sites is 5. The zero-order valence-corrected chi connectivity index (χ0v) is 32.5. The lowest BCUT2D eigenvalue weighted by Gasteiger charge is -2.30. The van der Waals surface area contributed by atoms with Crippen LogP contribution in [0.5, 0.6) is 0 Å². The topological polar surface area (TPSA) is 11.4 Å². The first-order valence-electron chi connectivity index (χ1n) is 20.1. The Morgan fingerprint density at radius 2 is 0.862 bits per heavy atom. The van der Waals surface area contributed by atoms with Crippen LogP contribution in [-0.2, 0) is 5.41 Å². The summed E-state index contributed by atoms with van der Waals surface area (Å²) in [6.07, 6.45) is 0. The molecule has 0 N–H and O–H groups in total. The number of nitrogens with zero attached hydrogens (tertiary/aromatic N) is 3. The second-order valence-electron chi connectivity index (χ2n) is 15.8. The molecule has 11 rings (SSSR count). The Morgan fingerprint density at radius 1 is 0.379 bits per heavy atom.